The minimum atomic E-state index is -3.21. The van der Waals surface area contributed by atoms with Crippen LogP contribution in [0.1, 0.15) is 31.2 Å². The monoisotopic (exact) mass is 350 g/mol. The maximum absolute atomic E-state index is 12.4. The SMILES string of the molecule is CN(C(=O)COc1ccccc1C#N)C1CCCCC1S(C)(=O)=O. The second-order valence-electron chi connectivity index (χ2n) is 6.12. The van der Waals surface area contributed by atoms with E-state index in [2.05, 4.69) is 0 Å². The topological polar surface area (TPSA) is 87.5 Å². The summed E-state index contributed by atoms with van der Waals surface area (Å²) in [4.78, 5) is 13.9. The molecule has 1 amide bonds. The van der Waals surface area contributed by atoms with E-state index in [0.29, 0.717) is 24.2 Å². The first-order valence-corrected chi connectivity index (χ1v) is 9.86. The van der Waals surface area contributed by atoms with E-state index in [9.17, 15) is 13.2 Å². The molecule has 0 aromatic heterocycles. The maximum atomic E-state index is 12.4. The second-order valence-corrected chi connectivity index (χ2v) is 8.39. The number of hydrogen-bond donors (Lipinski definition) is 0. The van der Waals surface area contributed by atoms with Crippen molar-refractivity contribution < 1.29 is 17.9 Å². The molecule has 0 N–H and O–H groups in total. The summed E-state index contributed by atoms with van der Waals surface area (Å²) < 4.78 is 29.4. The van der Waals surface area contributed by atoms with Crippen molar-refractivity contribution in [2.45, 2.75) is 37.0 Å². The molecule has 0 spiro atoms. The smallest absolute Gasteiger partial charge is 0.260 e. The average Bonchev–Trinajstić information content (AvgIpc) is 2.58. The Kier molecular flexibility index (Phi) is 5.84. The zero-order chi connectivity index (χ0) is 17.7. The summed E-state index contributed by atoms with van der Waals surface area (Å²) in [5.74, 6) is 0.0633. The van der Waals surface area contributed by atoms with Crippen molar-refractivity contribution in [3.63, 3.8) is 0 Å². The number of hydrogen-bond acceptors (Lipinski definition) is 5. The highest BCUT2D eigenvalue weighted by Gasteiger charge is 2.36. The molecule has 2 atom stereocenters. The summed E-state index contributed by atoms with van der Waals surface area (Å²) >= 11 is 0. The van der Waals surface area contributed by atoms with Gasteiger partial charge < -0.3 is 9.64 Å². The summed E-state index contributed by atoms with van der Waals surface area (Å²) in [7, 11) is -1.59. The normalized spacial score (nSPS) is 20.9. The van der Waals surface area contributed by atoms with Crippen LogP contribution in [0.2, 0.25) is 0 Å². The largest absolute Gasteiger partial charge is 0.482 e. The average molecular weight is 350 g/mol. The molecule has 1 saturated carbocycles. The quantitative estimate of drug-likeness (QED) is 0.807. The number of likely N-dealkylation sites (N-methyl/N-ethyl adjacent to an activating group) is 1. The Morgan fingerprint density at radius 3 is 2.67 bits per heavy atom. The van der Waals surface area contributed by atoms with Crippen LogP contribution in [0, 0.1) is 11.3 Å². The fourth-order valence-electron chi connectivity index (χ4n) is 3.13. The highest BCUT2D eigenvalue weighted by atomic mass is 32.2. The van der Waals surface area contributed by atoms with Gasteiger partial charge in [0.05, 0.1) is 10.8 Å². The Labute approximate surface area is 142 Å². The van der Waals surface area contributed by atoms with E-state index in [-0.39, 0.29) is 18.6 Å². The number of carbonyl (C=O) groups is 1. The van der Waals surface area contributed by atoms with Gasteiger partial charge in [-0.05, 0) is 25.0 Å². The van der Waals surface area contributed by atoms with Crippen molar-refractivity contribution in [3.05, 3.63) is 29.8 Å². The molecule has 0 bridgehead atoms. The first kappa shape index (κ1) is 18.3. The molecule has 6 nitrogen and oxygen atoms in total. The molecule has 0 radical (unpaired) electrons. The number of rotatable bonds is 5. The number of carbonyl (C=O) groups excluding carboxylic acids is 1. The van der Waals surface area contributed by atoms with Crippen molar-refractivity contribution in [3.8, 4) is 11.8 Å². The van der Waals surface area contributed by atoms with Gasteiger partial charge >= 0.3 is 0 Å². The molecule has 1 aromatic rings. The van der Waals surface area contributed by atoms with Gasteiger partial charge in [0.1, 0.15) is 11.8 Å². The van der Waals surface area contributed by atoms with Crippen LogP contribution in [0.5, 0.6) is 5.75 Å². The highest BCUT2D eigenvalue weighted by Crippen LogP contribution is 2.27. The van der Waals surface area contributed by atoms with Crippen molar-refractivity contribution >= 4 is 15.7 Å². The molecule has 1 aromatic carbocycles. The van der Waals surface area contributed by atoms with Crippen LogP contribution in [0.15, 0.2) is 24.3 Å². The third kappa shape index (κ3) is 4.26. The van der Waals surface area contributed by atoms with Gasteiger partial charge in [0.25, 0.3) is 5.91 Å². The lowest BCUT2D eigenvalue weighted by Gasteiger charge is -2.36. The molecule has 130 valence electrons. The third-order valence-electron chi connectivity index (χ3n) is 4.47. The molecule has 1 fully saturated rings. The van der Waals surface area contributed by atoms with E-state index >= 15 is 0 Å². The van der Waals surface area contributed by atoms with E-state index in [4.69, 9.17) is 10.00 Å². The van der Waals surface area contributed by atoms with Gasteiger partial charge in [-0.1, -0.05) is 25.0 Å². The fourth-order valence-corrected chi connectivity index (χ4v) is 4.62. The van der Waals surface area contributed by atoms with Gasteiger partial charge in [-0.3, -0.25) is 4.79 Å². The van der Waals surface area contributed by atoms with Gasteiger partial charge in [-0.25, -0.2) is 8.42 Å². The second kappa shape index (κ2) is 7.67. The Bertz CT molecular complexity index is 739. The molecule has 2 rings (SSSR count). The van der Waals surface area contributed by atoms with Gasteiger partial charge in [0.2, 0.25) is 0 Å². The van der Waals surface area contributed by atoms with Crippen molar-refractivity contribution in [2.75, 3.05) is 19.9 Å². The molecule has 7 heteroatoms. The molecule has 1 aliphatic rings. The third-order valence-corrected chi connectivity index (χ3v) is 6.12. The minimum absolute atomic E-state index is 0.220. The predicted molar refractivity (Wildman–Crippen MR) is 90.3 cm³/mol. The predicted octanol–water partition coefficient (Wildman–Crippen LogP) is 1.75. The van der Waals surface area contributed by atoms with Gasteiger partial charge in [0, 0.05) is 19.3 Å². The van der Waals surface area contributed by atoms with E-state index in [0.717, 1.165) is 12.8 Å². The Morgan fingerprint density at radius 2 is 2.00 bits per heavy atom. The Balaban J connectivity index is 2.05. The zero-order valence-electron chi connectivity index (χ0n) is 13.9. The summed E-state index contributed by atoms with van der Waals surface area (Å²) in [6.45, 7) is -0.220. The summed E-state index contributed by atoms with van der Waals surface area (Å²) in [5, 5.41) is 8.51. The summed E-state index contributed by atoms with van der Waals surface area (Å²) in [5.41, 5.74) is 0.361. The van der Waals surface area contributed by atoms with Crippen LogP contribution in [0.25, 0.3) is 0 Å². The molecule has 0 heterocycles. The molecular weight excluding hydrogens is 328 g/mol. The molecule has 0 saturated heterocycles. The Morgan fingerprint density at radius 1 is 1.33 bits per heavy atom. The molecule has 1 aliphatic carbocycles. The number of benzene rings is 1. The summed E-state index contributed by atoms with van der Waals surface area (Å²) in [6, 6.07) is 8.38. The highest BCUT2D eigenvalue weighted by molar-refractivity contribution is 7.91. The molecule has 2 unspecified atom stereocenters. The molecule has 0 aliphatic heterocycles. The number of nitriles is 1. The van der Waals surface area contributed by atoms with E-state index in [1.54, 1.807) is 31.3 Å². The van der Waals surface area contributed by atoms with Crippen molar-refractivity contribution in [1.29, 1.82) is 5.26 Å². The van der Waals surface area contributed by atoms with Gasteiger partial charge in [-0.2, -0.15) is 5.26 Å². The van der Waals surface area contributed by atoms with Crippen LogP contribution in [-0.2, 0) is 14.6 Å². The zero-order valence-corrected chi connectivity index (χ0v) is 14.8. The molecule has 24 heavy (non-hydrogen) atoms. The molecular formula is C17H22N2O4S. The lowest BCUT2D eigenvalue weighted by molar-refractivity contribution is -0.134. The Hall–Kier alpha value is -2.07. The number of para-hydroxylation sites is 1. The fraction of sp³-hybridized carbons (Fsp3) is 0.529. The van der Waals surface area contributed by atoms with E-state index in [1.807, 2.05) is 6.07 Å². The lowest BCUT2D eigenvalue weighted by atomic mass is 9.94. The number of nitrogens with zero attached hydrogens (tertiary/aromatic N) is 2. The number of sulfone groups is 1. The summed E-state index contributed by atoms with van der Waals surface area (Å²) in [6.07, 6.45) is 4.26. The lowest BCUT2D eigenvalue weighted by Crippen LogP contribution is -2.50. The number of amides is 1. The first-order valence-electron chi connectivity index (χ1n) is 7.91. The maximum Gasteiger partial charge on any atom is 0.260 e. The van der Waals surface area contributed by atoms with Crippen molar-refractivity contribution in [1.82, 2.24) is 4.90 Å². The minimum Gasteiger partial charge on any atom is -0.482 e. The van der Waals surface area contributed by atoms with Crippen LogP contribution < -0.4 is 4.74 Å². The standard InChI is InChI=1S/C17H22N2O4S/c1-19(14-8-4-6-10-16(14)24(2,21)22)17(20)12-23-15-9-5-3-7-13(15)11-18/h3,5,7,9,14,16H,4,6,8,10,12H2,1-2H3. The van der Waals surface area contributed by atoms with Crippen LogP contribution in [0.4, 0.5) is 0 Å². The van der Waals surface area contributed by atoms with Crippen LogP contribution >= 0.6 is 0 Å². The van der Waals surface area contributed by atoms with E-state index in [1.165, 1.54) is 11.2 Å². The van der Waals surface area contributed by atoms with Crippen molar-refractivity contribution in [2.24, 2.45) is 0 Å². The van der Waals surface area contributed by atoms with Crippen LogP contribution in [0.3, 0.4) is 0 Å². The number of ether oxygens (including phenoxy) is 1. The van der Waals surface area contributed by atoms with E-state index < -0.39 is 15.1 Å². The van der Waals surface area contributed by atoms with Gasteiger partial charge in [-0.15, -0.1) is 0 Å². The van der Waals surface area contributed by atoms with Crippen LogP contribution in [-0.4, -0.2) is 50.4 Å². The first-order chi connectivity index (χ1) is 11.3. The van der Waals surface area contributed by atoms with Gasteiger partial charge in [0.15, 0.2) is 16.4 Å².